The summed E-state index contributed by atoms with van der Waals surface area (Å²) in [7, 11) is 0. The lowest BCUT2D eigenvalue weighted by molar-refractivity contribution is 0.0215. The summed E-state index contributed by atoms with van der Waals surface area (Å²) < 4.78 is 25.7. The number of rotatable bonds is 3. The Morgan fingerprint density at radius 3 is 2.46 bits per heavy atom. The van der Waals surface area contributed by atoms with Crippen molar-refractivity contribution in [2.45, 2.75) is 39.0 Å². The van der Waals surface area contributed by atoms with Crippen LogP contribution in [0.4, 0.5) is 8.78 Å². The molecule has 1 heterocycles. The van der Waals surface area contributed by atoms with Gasteiger partial charge in [-0.1, -0.05) is 13.8 Å². The van der Waals surface area contributed by atoms with Crippen LogP contribution >= 0.6 is 11.3 Å². The molecular formula is C10H14F2S. The van der Waals surface area contributed by atoms with Crippen molar-refractivity contribution in [2.24, 2.45) is 0 Å². The summed E-state index contributed by atoms with van der Waals surface area (Å²) >= 11 is 1.22. The average molecular weight is 204 g/mol. The number of hydrogen-bond donors (Lipinski definition) is 0. The molecule has 0 fully saturated rings. The van der Waals surface area contributed by atoms with E-state index >= 15 is 0 Å². The monoisotopic (exact) mass is 204 g/mol. The standard InChI is InChI=1S/C10H14F2S/c1-4-7(2)8-5-6-9(13-8)10(3,11)12/h5-7H,4H2,1-3H3. The minimum atomic E-state index is -2.68. The summed E-state index contributed by atoms with van der Waals surface area (Å²) in [5.41, 5.74) is 0. The van der Waals surface area contributed by atoms with Gasteiger partial charge in [-0.05, 0) is 24.5 Å². The van der Waals surface area contributed by atoms with Gasteiger partial charge in [0.25, 0.3) is 5.92 Å². The van der Waals surface area contributed by atoms with Gasteiger partial charge in [-0.15, -0.1) is 11.3 Å². The number of thiophene rings is 1. The van der Waals surface area contributed by atoms with Crippen LogP contribution in [0, 0.1) is 0 Å². The van der Waals surface area contributed by atoms with E-state index in [1.807, 2.05) is 6.07 Å². The van der Waals surface area contributed by atoms with Gasteiger partial charge in [-0.3, -0.25) is 0 Å². The second-order valence-corrected chi connectivity index (χ2v) is 4.52. The van der Waals surface area contributed by atoms with E-state index in [0.29, 0.717) is 5.92 Å². The first-order valence-corrected chi connectivity index (χ1v) is 5.24. The smallest absolute Gasteiger partial charge is 0.201 e. The van der Waals surface area contributed by atoms with Gasteiger partial charge in [0.2, 0.25) is 0 Å². The van der Waals surface area contributed by atoms with E-state index in [4.69, 9.17) is 0 Å². The molecule has 1 aromatic heterocycles. The predicted molar refractivity (Wildman–Crippen MR) is 52.6 cm³/mol. The maximum absolute atomic E-state index is 12.8. The highest BCUT2D eigenvalue weighted by atomic mass is 32.1. The molecule has 1 atom stereocenters. The Morgan fingerprint density at radius 1 is 1.46 bits per heavy atom. The minimum absolute atomic E-state index is 0.169. The van der Waals surface area contributed by atoms with Crippen molar-refractivity contribution in [1.82, 2.24) is 0 Å². The van der Waals surface area contributed by atoms with Crippen LogP contribution < -0.4 is 0 Å². The SMILES string of the molecule is CCC(C)c1ccc(C(C)(F)F)s1. The van der Waals surface area contributed by atoms with Crippen LogP contribution in [-0.4, -0.2) is 0 Å². The van der Waals surface area contributed by atoms with Crippen molar-refractivity contribution in [1.29, 1.82) is 0 Å². The van der Waals surface area contributed by atoms with Crippen molar-refractivity contribution in [3.8, 4) is 0 Å². The highest BCUT2D eigenvalue weighted by Gasteiger charge is 2.26. The molecule has 0 aromatic carbocycles. The third kappa shape index (κ3) is 2.50. The van der Waals surface area contributed by atoms with Crippen molar-refractivity contribution in [3.05, 3.63) is 21.9 Å². The van der Waals surface area contributed by atoms with Gasteiger partial charge < -0.3 is 0 Å². The van der Waals surface area contributed by atoms with E-state index in [-0.39, 0.29) is 4.88 Å². The van der Waals surface area contributed by atoms with Crippen LogP contribution in [-0.2, 0) is 5.92 Å². The molecule has 1 unspecified atom stereocenters. The lowest BCUT2D eigenvalue weighted by Gasteiger charge is -2.07. The van der Waals surface area contributed by atoms with E-state index in [1.54, 1.807) is 0 Å². The van der Waals surface area contributed by atoms with E-state index in [9.17, 15) is 8.78 Å². The second kappa shape index (κ2) is 3.74. The van der Waals surface area contributed by atoms with Crippen LogP contribution in [0.3, 0.4) is 0 Å². The maximum Gasteiger partial charge on any atom is 0.279 e. The molecule has 0 radical (unpaired) electrons. The molecule has 0 aliphatic carbocycles. The fourth-order valence-electron chi connectivity index (χ4n) is 1.05. The Labute approximate surface area is 81.6 Å². The van der Waals surface area contributed by atoms with E-state index in [2.05, 4.69) is 13.8 Å². The topological polar surface area (TPSA) is 0 Å². The number of hydrogen-bond acceptors (Lipinski definition) is 1. The summed E-state index contributed by atoms with van der Waals surface area (Å²) in [4.78, 5) is 1.22. The molecule has 3 heteroatoms. The molecule has 0 amide bonds. The highest BCUT2D eigenvalue weighted by Crippen LogP contribution is 2.36. The van der Waals surface area contributed by atoms with Gasteiger partial charge in [0.1, 0.15) is 0 Å². The molecule has 0 aliphatic rings. The highest BCUT2D eigenvalue weighted by molar-refractivity contribution is 7.12. The molecule has 0 bridgehead atoms. The van der Waals surface area contributed by atoms with Gasteiger partial charge in [0, 0.05) is 11.8 Å². The quantitative estimate of drug-likeness (QED) is 0.685. The summed E-state index contributed by atoms with van der Waals surface area (Å²) in [6.07, 6.45) is 0.995. The van der Waals surface area contributed by atoms with Crippen molar-refractivity contribution < 1.29 is 8.78 Å². The number of alkyl halides is 2. The van der Waals surface area contributed by atoms with Gasteiger partial charge >= 0.3 is 0 Å². The molecule has 1 aromatic rings. The first-order valence-electron chi connectivity index (χ1n) is 4.43. The van der Waals surface area contributed by atoms with E-state index < -0.39 is 5.92 Å². The zero-order valence-electron chi connectivity index (χ0n) is 8.10. The molecule has 0 aliphatic heterocycles. The third-order valence-corrected chi connectivity index (χ3v) is 3.65. The Kier molecular flexibility index (Phi) is 3.06. The normalized spacial score (nSPS) is 14.5. The molecule has 0 nitrogen and oxygen atoms in total. The molecule has 13 heavy (non-hydrogen) atoms. The molecule has 74 valence electrons. The van der Waals surface area contributed by atoms with Gasteiger partial charge in [-0.2, -0.15) is 0 Å². The van der Waals surface area contributed by atoms with E-state index in [1.165, 1.54) is 17.4 Å². The summed E-state index contributed by atoms with van der Waals surface area (Å²) in [5.74, 6) is -2.29. The minimum Gasteiger partial charge on any atom is -0.201 e. The van der Waals surface area contributed by atoms with Crippen LogP contribution in [0.5, 0.6) is 0 Å². The second-order valence-electron chi connectivity index (χ2n) is 3.40. The zero-order valence-corrected chi connectivity index (χ0v) is 8.92. The zero-order chi connectivity index (χ0) is 10.1. The molecule has 0 spiro atoms. The summed E-state index contributed by atoms with van der Waals surface area (Å²) in [5, 5.41) is 0. The Hall–Kier alpha value is -0.440. The first-order chi connectivity index (χ1) is 5.95. The van der Waals surface area contributed by atoms with E-state index in [0.717, 1.165) is 18.2 Å². The van der Waals surface area contributed by atoms with Crippen molar-refractivity contribution >= 4 is 11.3 Å². The molecule has 1 rings (SSSR count). The predicted octanol–water partition coefficient (Wildman–Crippen LogP) is 4.37. The molecular weight excluding hydrogens is 190 g/mol. The van der Waals surface area contributed by atoms with Crippen LogP contribution in [0.25, 0.3) is 0 Å². The lowest BCUT2D eigenvalue weighted by Crippen LogP contribution is -2.03. The van der Waals surface area contributed by atoms with Gasteiger partial charge in [0.05, 0.1) is 4.88 Å². The number of halogens is 2. The Balaban J connectivity index is 2.87. The summed E-state index contributed by atoms with van der Waals surface area (Å²) in [6, 6.07) is 3.34. The summed E-state index contributed by atoms with van der Waals surface area (Å²) in [6.45, 7) is 5.07. The van der Waals surface area contributed by atoms with Crippen LogP contribution in [0.15, 0.2) is 12.1 Å². The maximum atomic E-state index is 12.8. The Morgan fingerprint density at radius 2 is 2.08 bits per heavy atom. The third-order valence-electron chi connectivity index (χ3n) is 2.16. The molecule has 0 N–H and O–H groups in total. The van der Waals surface area contributed by atoms with Gasteiger partial charge in [0.15, 0.2) is 0 Å². The van der Waals surface area contributed by atoms with Crippen molar-refractivity contribution in [2.75, 3.05) is 0 Å². The average Bonchev–Trinajstić information content (AvgIpc) is 2.50. The fourth-order valence-corrected chi connectivity index (χ4v) is 2.13. The lowest BCUT2D eigenvalue weighted by atomic mass is 10.1. The molecule has 0 saturated heterocycles. The first kappa shape index (κ1) is 10.6. The largest absolute Gasteiger partial charge is 0.279 e. The molecule has 0 saturated carbocycles. The fraction of sp³-hybridized carbons (Fsp3) is 0.600. The van der Waals surface area contributed by atoms with Gasteiger partial charge in [-0.25, -0.2) is 8.78 Å². The van der Waals surface area contributed by atoms with Crippen LogP contribution in [0.1, 0.15) is 42.9 Å². The van der Waals surface area contributed by atoms with Crippen molar-refractivity contribution in [3.63, 3.8) is 0 Å². The van der Waals surface area contributed by atoms with Crippen LogP contribution in [0.2, 0.25) is 0 Å². The Bertz CT molecular complexity index is 273.